The van der Waals surface area contributed by atoms with E-state index in [1.165, 1.54) is 22.9 Å². The lowest BCUT2D eigenvalue weighted by Gasteiger charge is -2.40. The van der Waals surface area contributed by atoms with Crippen molar-refractivity contribution in [3.05, 3.63) is 53.6 Å². The summed E-state index contributed by atoms with van der Waals surface area (Å²) in [7, 11) is 0. The SMILES string of the molecule is CCNC(=O)N1CC2(CCN(Cc3ccc4nsnc4c3)CC2)c2ccccc21. The fourth-order valence-corrected chi connectivity index (χ4v) is 5.33. The first-order valence-corrected chi connectivity index (χ1v) is 11.0. The lowest BCUT2D eigenvalue weighted by molar-refractivity contribution is 0.159. The van der Waals surface area contributed by atoms with Crippen molar-refractivity contribution in [1.82, 2.24) is 19.0 Å². The van der Waals surface area contributed by atoms with Crippen LogP contribution in [-0.4, -0.2) is 45.9 Å². The molecule has 1 fully saturated rings. The highest BCUT2D eigenvalue weighted by Gasteiger charge is 2.46. The maximum atomic E-state index is 12.6. The van der Waals surface area contributed by atoms with Crippen molar-refractivity contribution in [3.8, 4) is 0 Å². The van der Waals surface area contributed by atoms with E-state index >= 15 is 0 Å². The highest BCUT2D eigenvalue weighted by atomic mass is 32.1. The lowest BCUT2D eigenvalue weighted by Crippen LogP contribution is -2.47. The van der Waals surface area contributed by atoms with E-state index in [2.05, 4.69) is 55.4 Å². The van der Waals surface area contributed by atoms with E-state index in [4.69, 9.17) is 0 Å². The van der Waals surface area contributed by atoms with Crippen molar-refractivity contribution in [2.24, 2.45) is 0 Å². The lowest BCUT2D eigenvalue weighted by atomic mass is 9.74. The van der Waals surface area contributed by atoms with Crippen LogP contribution >= 0.6 is 11.7 Å². The molecule has 7 heteroatoms. The van der Waals surface area contributed by atoms with Crippen LogP contribution in [-0.2, 0) is 12.0 Å². The Morgan fingerprint density at radius 3 is 2.76 bits per heavy atom. The summed E-state index contributed by atoms with van der Waals surface area (Å²) < 4.78 is 8.65. The van der Waals surface area contributed by atoms with Gasteiger partial charge in [0.1, 0.15) is 11.0 Å². The molecule has 1 N–H and O–H groups in total. The van der Waals surface area contributed by atoms with Crippen LogP contribution in [0.3, 0.4) is 0 Å². The number of anilines is 1. The van der Waals surface area contributed by atoms with Gasteiger partial charge in [-0.25, -0.2) is 4.79 Å². The van der Waals surface area contributed by atoms with Crippen molar-refractivity contribution in [3.63, 3.8) is 0 Å². The standard InChI is InChI=1S/C22H25N5OS/c1-2-23-21(28)27-15-22(17-5-3-4-6-20(17)27)9-11-26(12-10-22)14-16-7-8-18-19(13-16)25-29-24-18/h3-8,13H,2,9-12,14-15H2,1H3,(H,23,28). The third-order valence-corrected chi connectivity index (χ3v) is 6.89. The van der Waals surface area contributed by atoms with Gasteiger partial charge in [0.15, 0.2) is 0 Å². The number of carbonyl (C=O) groups is 1. The number of amides is 2. The Morgan fingerprint density at radius 2 is 1.93 bits per heavy atom. The van der Waals surface area contributed by atoms with Gasteiger partial charge in [-0.1, -0.05) is 24.3 Å². The molecule has 0 saturated carbocycles. The maximum Gasteiger partial charge on any atom is 0.321 e. The summed E-state index contributed by atoms with van der Waals surface area (Å²) in [6.45, 7) is 6.40. The summed E-state index contributed by atoms with van der Waals surface area (Å²) in [4.78, 5) is 17.1. The summed E-state index contributed by atoms with van der Waals surface area (Å²) in [5.41, 5.74) is 5.74. The number of urea groups is 1. The zero-order valence-corrected chi connectivity index (χ0v) is 17.4. The molecule has 2 amide bonds. The van der Waals surface area contributed by atoms with Crippen molar-refractivity contribution in [2.75, 3.05) is 31.1 Å². The maximum absolute atomic E-state index is 12.6. The van der Waals surface area contributed by atoms with Gasteiger partial charge in [-0.05, 0) is 62.2 Å². The number of likely N-dealkylation sites (tertiary alicyclic amines) is 1. The van der Waals surface area contributed by atoms with Crippen LogP contribution in [0.15, 0.2) is 42.5 Å². The Kier molecular flexibility index (Phi) is 4.72. The molecule has 2 aliphatic rings. The zero-order valence-electron chi connectivity index (χ0n) is 16.6. The van der Waals surface area contributed by atoms with Crippen LogP contribution in [0.25, 0.3) is 11.0 Å². The molecule has 6 nitrogen and oxygen atoms in total. The third-order valence-electron chi connectivity index (χ3n) is 6.34. The predicted octanol–water partition coefficient (Wildman–Crippen LogP) is 3.77. The van der Waals surface area contributed by atoms with Crippen LogP contribution < -0.4 is 10.2 Å². The van der Waals surface area contributed by atoms with Crippen molar-refractivity contribution >= 4 is 34.5 Å². The van der Waals surface area contributed by atoms with E-state index in [0.717, 1.165) is 55.7 Å². The Hall–Kier alpha value is -2.51. The van der Waals surface area contributed by atoms with Crippen LogP contribution in [0.1, 0.15) is 30.9 Å². The Labute approximate surface area is 174 Å². The highest BCUT2D eigenvalue weighted by molar-refractivity contribution is 7.00. The van der Waals surface area contributed by atoms with Gasteiger partial charge in [0.05, 0.1) is 11.7 Å². The predicted molar refractivity (Wildman–Crippen MR) is 116 cm³/mol. The molecule has 1 spiro atoms. The van der Waals surface area contributed by atoms with Gasteiger partial charge in [0.25, 0.3) is 0 Å². The molecule has 5 rings (SSSR count). The number of para-hydroxylation sites is 1. The monoisotopic (exact) mass is 407 g/mol. The number of nitrogens with zero attached hydrogens (tertiary/aromatic N) is 4. The Bertz CT molecular complexity index is 1040. The van der Waals surface area contributed by atoms with Gasteiger partial charge in [-0.15, -0.1) is 0 Å². The second-order valence-electron chi connectivity index (χ2n) is 8.08. The number of piperidine rings is 1. The molecular formula is C22H25N5OS. The van der Waals surface area contributed by atoms with Gasteiger partial charge in [-0.3, -0.25) is 9.80 Å². The molecule has 0 unspecified atom stereocenters. The topological polar surface area (TPSA) is 61.4 Å². The number of aromatic nitrogens is 2. The van der Waals surface area contributed by atoms with Crippen LogP contribution in [0, 0.1) is 0 Å². The number of hydrogen-bond acceptors (Lipinski definition) is 5. The molecular weight excluding hydrogens is 382 g/mol. The molecule has 2 aromatic carbocycles. The molecule has 3 heterocycles. The molecule has 2 aliphatic heterocycles. The Balaban J connectivity index is 1.32. The van der Waals surface area contributed by atoms with E-state index < -0.39 is 0 Å². The minimum absolute atomic E-state index is 0.0180. The largest absolute Gasteiger partial charge is 0.338 e. The summed E-state index contributed by atoms with van der Waals surface area (Å²) >= 11 is 1.27. The third kappa shape index (κ3) is 3.28. The normalized spacial score (nSPS) is 18.3. The zero-order chi connectivity index (χ0) is 19.8. The second-order valence-corrected chi connectivity index (χ2v) is 8.61. The molecule has 0 bridgehead atoms. The average Bonchev–Trinajstić information content (AvgIpc) is 3.33. The van der Waals surface area contributed by atoms with Crippen LogP contribution in [0.5, 0.6) is 0 Å². The number of fused-ring (bicyclic) bond motifs is 3. The number of hydrogen-bond donors (Lipinski definition) is 1. The van der Waals surface area contributed by atoms with Crippen molar-refractivity contribution in [2.45, 2.75) is 31.7 Å². The quantitative estimate of drug-likeness (QED) is 0.718. The number of carbonyl (C=O) groups excluding carboxylic acids is 1. The van der Waals surface area contributed by atoms with Crippen molar-refractivity contribution < 1.29 is 4.79 Å². The van der Waals surface area contributed by atoms with Gasteiger partial charge in [0.2, 0.25) is 0 Å². The highest BCUT2D eigenvalue weighted by Crippen LogP contribution is 2.47. The molecule has 0 radical (unpaired) electrons. The fourth-order valence-electron chi connectivity index (χ4n) is 4.81. The average molecular weight is 408 g/mol. The smallest absolute Gasteiger partial charge is 0.321 e. The second kappa shape index (κ2) is 7.39. The molecule has 29 heavy (non-hydrogen) atoms. The van der Waals surface area contributed by atoms with E-state index in [9.17, 15) is 4.79 Å². The number of rotatable bonds is 3. The fraction of sp³-hybridized carbons (Fsp3) is 0.409. The number of benzene rings is 2. The van der Waals surface area contributed by atoms with Gasteiger partial charge in [0, 0.05) is 30.7 Å². The summed E-state index contributed by atoms with van der Waals surface area (Å²) in [6.07, 6.45) is 2.14. The van der Waals surface area contributed by atoms with Gasteiger partial charge in [-0.2, -0.15) is 8.75 Å². The van der Waals surface area contributed by atoms with Crippen LogP contribution in [0.2, 0.25) is 0 Å². The van der Waals surface area contributed by atoms with E-state index in [1.807, 2.05) is 17.9 Å². The van der Waals surface area contributed by atoms with Crippen LogP contribution in [0.4, 0.5) is 10.5 Å². The van der Waals surface area contributed by atoms with Gasteiger partial charge < -0.3 is 5.32 Å². The molecule has 3 aromatic rings. The van der Waals surface area contributed by atoms with E-state index in [0.29, 0.717) is 6.54 Å². The van der Waals surface area contributed by atoms with Crippen molar-refractivity contribution in [1.29, 1.82) is 0 Å². The molecule has 0 aliphatic carbocycles. The summed E-state index contributed by atoms with van der Waals surface area (Å²) in [5, 5.41) is 2.97. The number of nitrogens with one attached hydrogen (secondary N) is 1. The first-order chi connectivity index (χ1) is 14.2. The molecule has 1 saturated heterocycles. The van der Waals surface area contributed by atoms with E-state index in [1.54, 1.807) is 0 Å². The molecule has 1 aromatic heterocycles. The summed E-state index contributed by atoms with van der Waals surface area (Å²) in [5.74, 6) is 0. The minimum Gasteiger partial charge on any atom is -0.338 e. The molecule has 0 atom stereocenters. The van der Waals surface area contributed by atoms with Gasteiger partial charge >= 0.3 is 6.03 Å². The first-order valence-electron chi connectivity index (χ1n) is 10.3. The Morgan fingerprint density at radius 1 is 1.14 bits per heavy atom. The molecule has 150 valence electrons. The summed E-state index contributed by atoms with van der Waals surface area (Å²) in [6, 6.07) is 14.8. The first kappa shape index (κ1) is 18.5. The van der Waals surface area contributed by atoms with E-state index in [-0.39, 0.29) is 11.4 Å². The minimum atomic E-state index is 0.0180.